The predicted molar refractivity (Wildman–Crippen MR) is 125 cm³/mol. The van der Waals surface area contributed by atoms with Gasteiger partial charge in [0.05, 0.1) is 6.04 Å². The highest BCUT2D eigenvalue weighted by molar-refractivity contribution is 5.98. The molecule has 0 aliphatic carbocycles. The van der Waals surface area contributed by atoms with E-state index >= 15 is 0 Å². The van der Waals surface area contributed by atoms with Crippen LogP contribution < -0.4 is 5.32 Å². The Bertz CT molecular complexity index is 1230. The molecule has 4 heteroatoms. The Kier molecular flexibility index (Phi) is 5.31. The molecule has 0 radical (unpaired) electrons. The fraction of sp³-hybridized carbons (Fsp3) is 0.222. The van der Waals surface area contributed by atoms with E-state index in [4.69, 9.17) is 0 Å². The lowest BCUT2D eigenvalue weighted by Crippen LogP contribution is -2.41. The van der Waals surface area contributed by atoms with E-state index in [-0.39, 0.29) is 11.9 Å². The Hall–Kier alpha value is -3.37. The number of fused-ring (bicyclic) bond motifs is 2. The summed E-state index contributed by atoms with van der Waals surface area (Å²) >= 11 is 0. The Morgan fingerprint density at radius 3 is 2.52 bits per heavy atom. The number of aromatic nitrogens is 1. The number of hydrogen-bond acceptors (Lipinski definition) is 2. The summed E-state index contributed by atoms with van der Waals surface area (Å²) in [6.07, 6.45) is 3.11. The lowest BCUT2D eigenvalue weighted by atomic mass is 9.97. The third kappa shape index (κ3) is 3.99. The van der Waals surface area contributed by atoms with Crippen molar-refractivity contribution in [3.8, 4) is 0 Å². The van der Waals surface area contributed by atoms with Gasteiger partial charge in [0, 0.05) is 44.1 Å². The van der Waals surface area contributed by atoms with Crippen LogP contribution in [0.15, 0.2) is 85.1 Å². The second-order valence-electron chi connectivity index (χ2n) is 8.32. The number of nitrogens with zero attached hydrogens (tertiary/aromatic N) is 2. The zero-order valence-electron chi connectivity index (χ0n) is 17.8. The topological polar surface area (TPSA) is 37.3 Å². The summed E-state index contributed by atoms with van der Waals surface area (Å²) in [4.78, 5) is 15.5. The molecule has 3 aromatic carbocycles. The quantitative estimate of drug-likeness (QED) is 0.518. The maximum absolute atomic E-state index is 13.0. The van der Waals surface area contributed by atoms with E-state index < -0.39 is 0 Å². The van der Waals surface area contributed by atoms with Gasteiger partial charge in [-0.15, -0.1) is 0 Å². The number of carbonyl (C=O) groups is 1. The second kappa shape index (κ2) is 8.40. The molecule has 1 N–H and O–H groups in total. The molecule has 31 heavy (non-hydrogen) atoms. The number of benzene rings is 3. The van der Waals surface area contributed by atoms with Gasteiger partial charge < -0.3 is 9.88 Å². The maximum Gasteiger partial charge on any atom is 0.251 e. The summed E-state index contributed by atoms with van der Waals surface area (Å²) in [5.41, 5.74) is 4.74. The first kappa shape index (κ1) is 19.6. The molecule has 0 bridgehead atoms. The lowest BCUT2D eigenvalue weighted by molar-refractivity contribution is 0.0925. The van der Waals surface area contributed by atoms with Gasteiger partial charge in [0.2, 0.25) is 0 Å². The highest BCUT2D eigenvalue weighted by Crippen LogP contribution is 2.28. The minimum Gasteiger partial charge on any atom is -0.353 e. The van der Waals surface area contributed by atoms with Crippen LogP contribution in [0.4, 0.5) is 0 Å². The van der Waals surface area contributed by atoms with Crippen LogP contribution in [0.1, 0.15) is 33.2 Å². The second-order valence-corrected chi connectivity index (χ2v) is 8.32. The SMILES string of the molecule is Cn1cccc1C(CNC(=O)c1ccc2ccccc2c1)N1CCc2ccccc2C1. The largest absolute Gasteiger partial charge is 0.353 e. The van der Waals surface area contributed by atoms with Crippen LogP contribution in [0.3, 0.4) is 0 Å². The number of carbonyl (C=O) groups excluding carboxylic acids is 1. The summed E-state index contributed by atoms with van der Waals surface area (Å²) in [5, 5.41) is 5.44. The highest BCUT2D eigenvalue weighted by atomic mass is 16.1. The third-order valence-corrected chi connectivity index (χ3v) is 6.39. The number of nitrogens with one attached hydrogen (secondary N) is 1. The summed E-state index contributed by atoms with van der Waals surface area (Å²) in [6.45, 7) is 2.46. The van der Waals surface area contributed by atoms with Gasteiger partial charge >= 0.3 is 0 Å². The van der Waals surface area contributed by atoms with E-state index in [9.17, 15) is 4.79 Å². The summed E-state index contributed by atoms with van der Waals surface area (Å²) in [7, 11) is 2.07. The molecule has 0 spiro atoms. The molecular formula is C27H27N3O. The normalized spacial score (nSPS) is 14.9. The molecule has 1 aliphatic heterocycles. The van der Waals surface area contributed by atoms with Gasteiger partial charge in [0.25, 0.3) is 5.91 Å². The fourth-order valence-corrected chi connectivity index (χ4v) is 4.65. The molecule has 0 fully saturated rings. The highest BCUT2D eigenvalue weighted by Gasteiger charge is 2.26. The number of aryl methyl sites for hydroxylation is 1. The van der Waals surface area contributed by atoms with Crippen molar-refractivity contribution in [3.63, 3.8) is 0 Å². The van der Waals surface area contributed by atoms with Crippen molar-refractivity contribution in [2.45, 2.75) is 19.0 Å². The average Bonchev–Trinajstić information content (AvgIpc) is 3.24. The monoisotopic (exact) mass is 409 g/mol. The zero-order valence-corrected chi connectivity index (χ0v) is 17.8. The van der Waals surface area contributed by atoms with Gasteiger partial charge in [-0.2, -0.15) is 0 Å². The summed E-state index contributed by atoms with van der Waals surface area (Å²) in [6, 6.07) is 27.1. The van der Waals surface area contributed by atoms with Crippen molar-refractivity contribution in [2.24, 2.45) is 7.05 Å². The van der Waals surface area contributed by atoms with E-state index in [0.29, 0.717) is 12.1 Å². The molecule has 0 saturated heterocycles. The smallest absolute Gasteiger partial charge is 0.251 e. The third-order valence-electron chi connectivity index (χ3n) is 6.39. The summed E-state index contributed by atoms with van der Waals surface area (Å²) < 4.78 is 2.16. The van der Waals surface area contributed by atoms with Gasteiger partial charge in [-0.3, -0.25) is 9.69 Å². The molecule has 0 saturated carbocycles. The van der Waals surface area contributed by atoms with Gasteiger partial charge in [0.1, 0.15) is 0 Å². The molecule has 2 heterocycles. The van der Waals surface area contributed by atoms with E-state index in [1.54, 1.807) is 0 Å². The van der Waals surface area contributed by atoms with E-state index in [2.05, 4.69) is 70.5 Å². The Balaban J connectivity index is 1.36. The minimum absolute atomic E-state index is 0.0256. The number of amides is 1. The molecule has 1 aromatic heterocycles. The molecule has 1 amide bonds. The average molecular weight is 410 g/mol. The number of hydrogen-bond donors (Lipinski definition) is 1. The van der Waals surface area contributed by atoms with E-state index in [1.165, 1.54) is 16.8 Å². The van der Waals surface area contributed by atoms with Gasteiger partial charge in [0.15, 0.2) is 0 Å². The van der Waals surface area contributed by atoms with Crippen molar-refractivity contribution in [3.05, 3.63) is 107 Å². The molecule has 1 aliphatic rings. The molecule has 4 aromatic rings. The van der Waals surface area contributed by atoms with Crippen LogP contribution >= 0.6 is 0 Å². The molecule has 4 nitrogen and oxygen atoms in total. The Morgan fingerprint density at radius 1 is 0.935 bits per heavy atom. The maximum atomic E-state index is 13.0. The Morgan fingerprint density at radius 2 is 1.71 bits per heavy atom. The van der Waals surface area contributed by atoms with Crippen LogP contribution in [-0.4, -0.2) is 28.5 Å². The van der Waals surface area contributed by atoms with Gasteiger partial charge in [-0.1, -0.05) is 54.6 Å². The first-order chi connectivity index (χ1) is 15.2. The molecule has 1 unspecified atom stereocenters. The van der Waals surface area contributed by atoms with Crippen LogP contribution in [0.2, 0.25) is 0 Å². The Labute approximate surface area is 183 Å². The number of rotatable bonds is 5. The van der Waals surface area contributed by atoms with Crippen LogP contribution in [0.5, 0.6) is 0 Å². The molecule has 1 atom stereocenters. The van der Waals surface area contributed by atoms with Gasteiger partial charge in [-0.05, 0) is 52.6 Å². The lowest BCUT2D eigenvalue weighted by Gasteiger charge is -2.36. The molecule has 156 valence electrons. The fourth-order valence-electron chi connectivity index (χ4n) is 4.65. The van der Waals surface area contributed by atoms with Crippen LogP contribution in [0.25, 0.3) is 10.8 Å². The van der Waals surface area contributed by atoms with E-state index in [0.717, 1.165) is 30.3 Å². The summed E-state index contributed by atoms with van der Waals surface area (Å²) in [5.74, 6) is -0.0256. The predicted octanol–water partition coefficient (Wildman–Crippen LogP) is 4.71. The van der Waals surface area contributed by atoms with Crippen molar-refractivity contribution in [1.29, 1.82) is 0 Å². The van der Waals surface area contributed by atoms with Crippen molar-refractivity contribution in [1.82, 2.24) is 14.8 Å². The van der Waals surface area contributed by atoms with Gasteiger partial charge in [-0.25, -0.2) is 0 Å². The van der Waals surface area contributed by atoms with Crippen LogP contribution in [0, 0.1) is 0 Å². The minimum atomic E-state index is -0.0256. The van der Waals surface area contributed by atoms with Crippen LogP contribution in [-0.2, 0) is 20.0 Å². The first-order valence-corrected chi connectivity index (χ1v) is 10.9. The first-order valence-electron chi connectivity index (χ1n) is 10.9. The van der Waals surface area contributed by atoms with Crippen molar-refractivity contribution in [2.75, 3.05) is 13.1 Å². The molecular weight excluding hydrogens is 382 g/mol. The van der Waals surface area contributed by atoms with Crippen molar-refractivity contribution < 1.29 is 4.79 Å². The molecule has 5 rings (SSSR count). The van der Waals surface area contributed by atoms with E-state index in [1.807, 2.05) is 36.4 Å². The zero-order chi connectivity index (χ0) is 21.2. The van der Waals surface area contributed by atoms with Crippen molar-refractivity contribution >= 4 is 16.7 Å². The standard InChI is InChI=1S/C27H27N3O/c1-29-15-6-11-25(29)26(30-16-14-21-8-3-5-10-24(21)19-30)18-28-27(31)23-13-12-20-7-2-4-9-22(20)17-23/h2-13,15,17,26H,14,16,18-19H2,1H3,(H,28,31).